The van der Waals surface area contributed by atoms with E-state index < -0.39 is 0 Å². The molecule has 1 aromatic heterocycles. The minimum atomic E-state index is -0.158. The molecule has 2 atom stereocenters. The van der Waals surface area contributed by atoms with Crippen LogP contribution in [0.15, 0.2) is 51.8 Å². The smallest absolute Gasteiger partial charge is 0.248 e. The molecule has 0 saturated heterocycles. The van der Waals surface area contributed by atoms with Gasteiger partial charge in [-0.25, -0.2) is 0 Å². The summed E-state index contributed by atoms with van der Waals surface area (Å²) in [7, 11) is 0. The molecule has 1 aromatic carbocycles. The summed E-state index contributed by atoms with van der Waals surface area (Å²) in [4.78, 5) is 13.1. The number of furan rings is 1. The molecule has 1 saturated carbocycles. The van der Waals surface area contributed by atoms with E-state index in [9.17, 15) is 4.79 Å². The second-order valence-corrected chi connectivity index (χ2v) is 6.49. The van der Waals surface area contributed by atoms with Crippen molar-refractivity contribution in [3.8, 4) is 0 Å². The lowest BCUT2D eigenvalue weighted by Gasteiger charge is -2.02. The van der Waals surface area contributed by atoms with E-state index in [1.165, 1.54) is 17.4 Å². The van der Waals surface area contributed by atoms with Crippen LogP contribution < -0.4 is 5.32 Å². The van der Waals surface area contributed by atoms with Crippen LogP contribution in [0, 0.1) is 5.92 Å². The first-order chi connectivity index (χ1) is 10.7. The number of anilines is 1. The van der Waals surface area contributed by atoms with Gasteiger partial charge in [-0.1, -0.05) is 6.92 Å². The number of carbonyl (C=O) groups is 1. The molecule has 3 rings (SSSR count). The van der Waals surface area contributed by atoms with Gasteiger partial charge in [-0.05, 0) is 61.1 Å². The lowest BCUT2D eigenvalue weighted by atomic mass is 10.3. The summed E-state index contributed by atoms with van der Waals surface area (Å²) >= 11 is 1.67. The maximum Gasteiger partial charge on any atom is 0.248 e. The first-order valence-corrected chi connectivity index (χ1v) is 8.61. The predicted octanol–water partition coefficient (Wildman–Crippen LogP) is 4.78. The molecular weight excluding hydrogens is 294 g/mol. The quantitative estimate of drug-likeness (QED) is 0.638. The highest BCUT2D eigenvalue weighted by atomic mass is 32.2. The van der Waals surface area contributed by atoms with Gasteiger partial charge in [0.2, 0.25) is 5.91 Å². The molecular formula is C18H19NO2S. The second-order valence-electron chi connectivity index (χ2n) is 5.61. The van der Waals surface area contributed by atoms with Gasteiger partial charge < -0.3 is 9.73 Å². The molecule has 0 radical (unpaired) electrons. The SMILES string of the molecule is CSc1ccc(NC(=O)/C=C/c2ccc(C3CC3C)o2)cc1. The highest BCUT2D eigenvalue weighted by Gasteiger charge is 2.36. The van der Waals surface area contributed by atoms with Crippen LogP contribution >= 0.6 is 11.8 Å². The number of hydrogen-bond donors (Lipinski definition) is 1. The summed E-state index contributed by atoms with van der Waals surface area (Å²) in [5, 5.41) is 2.84. The van der Waals surface area contributed by atoms with Crippen molar-refractivity contribution >= 4 is 29.4 Å². The van der Waals surface area contributed by atoms with Crippen molar-refractivity contribution in [1.29, 1.82) is 0 Å². The summed E-state index contributed by atoms with van der Waals surface area (Å²) in [6.07, 6.45) is 6.43. The molecule has 3 nitrogen and oxygen atoms in total. The Morgan fingerprint density at radius 1 is 1.27 bits per heavy atom. The van der Waals surface area contributed by atoms with Crippen LogP contribution in [0.25, 0.3) is 6.08 Å². The van der Waals surface area contributed by atoms with Gasteiger partial charge in [-0.15, -0.1) is 11.8 Å². The third-order valence-electron chi connectivity index (χ3n) is 3.88. The van der Waals surface area contributed by atoms with Crippen molar-refractivity contribution in [2.24, 2.45) is 5.92 Å². The predicted molar refractivity (Wildman–Crippen MR) is 91.1 cm³/mol. The molecule has 1 amide bonds. The normalized spacial score (nSPS) is 20.3. The Hall–Kier alpha value is -1.94. The summed E-state index contributed by atoms with van der Waals surface area (Å²) in [6.45, 7) is 2.22. The van der Waals surface area contributed by atoms with Gasteiger partial charge in [0.25, 0.3) is 0 Å². The Kier molecular flexibility index (Phi) is 4.39. The highest BCUT2D eigenvalue weighted by Crippen LogP contribution is 2.47. The minimum absolute atomic E-state index is 0.158. The number of thioether (sulfide) groups is 1. The molecule has 22 heavy (non-hydrogen) atoms. The largest absolute Gasteiger partial charge is 0.461 e. The van der Waals surface area contributed by atoms with Gasteiger partial charge in [0, 0.05) is 22.6 Å². The Morgan fingerprint density at radius 3 is 2.64 bits per heavy atom. The lowest BCUT2D eigenvalue weighted by Crippen LogP contribution is -2.07. The molecule has 0 spiro atoms. The molecule has 0 bridgehead atoms. The monoisotopic (exact) mass is 313 g/mol. The summed E-state index contributed by atoms with van der Waals surface area (Å²) in [5.74, 6) is 2.87. The van der Waals surface area contributed by atoms with E-state index in [1.807, 2.05) is 42.7 Å². The van der Waals surface area contributed by atoms with Crippen LogP contribution in [0.4, 0.5) is 5.69 Å². The van der Waals surface area contributed by atoms with Gasteiger partial charge in [0.15, 0.2) is 0 Å². The van der Waals surface area contributed by atoms with E-state index in [1.54, 1.807) is 17.8 Å². The zero-order valence-electron chi connectivity index (χ0n) is 12.7. The lowest BCUT2D eigenvalue weighted by molar-refractivity contribution is -0.111. The van der Waals surface area contributed by atoms with Crippen molar-refractivity contribution in [2.45, 2.75) is 24.2 Å². The summed E-state index contributed by atoms with van der Waals surface area (Å²) in [6, 6.07) is 11.7. The van der Waals surface area contributed by atoms with Gasteiger partial charge in [0.1, 0.15) is 11.5 Å². The first kappa shape index (κ1) is 15.0. The van der Waals surface area contributed by atoms with E-state index in [-0.39, 0.29) is 5.91 Å². The first-order valence-electron chi connectivity index (χ1n) is 7.38. The van der Waals surface area contributed by atoms with Gasteiger partial charge in [-0.2, -0.15) is 0 Å². The van der Waals surface area contributed by atoms with Crippen LogP contribution in [0.2, 0.25) is 0 Å². The van der Waals surface area contributed by atoms with E-state index in [0.29, 0.717) is 5.92 Å². The fraction of sp³-hybridized carbons (Fsp3) is 0.278. The molecule has 2 aromatic rings. The summed E-state index contributed by atoms with van der Waals surface area (Å²) in [5.41, 5.74) is 0.791. The van der Waals surface area contributed by atoms with E-state index in [4.69, 9.17) is 4.42 Å². The molecule has 0 aliphatic heterocycles. The number of carbonyl (C=O) groups excluding carboxylic acids is 1. The second kappa shape index (κ2) is 6.44. The molecule has 1 N–H and O–H groups in total. The maximum absolute atomic E-state index is 11.9. The number of rotatable bonds is 5. The molecule has 1 aliphatic carbocycles. The van der Waals surface area contributed by atoms with Crippen molar-refractivity contribution in [3.63, 3.8) is 0 Å². The molecule has 1 aliphatic rings. The Bertz CT molecular complexity index is 687. The molecule has 114 valence electrons. The Labute approximate surface area is 134 Å². The van der Waals surface area contributed by atoms with E-state index in [0.717, 1.165) is 23.1 Å². The zero-order chi connectivity index (χ0) is 15.5. The Balaban J connectivity index is 1.57. The average molecular weight is 313 g/mol. The molecule has 4 heteroatoms. The molecule has 1 fully saturated rings. The topological polar surface area (TPSA) is 42.2 Å². The third-order valence-corrected chi connectivity index (χ3v) is 4.62. The molecule has 2 unspecified atom stereocenters. The summed E-state index contributed by atoms with van der Waals surface area (Å²) < 4.78 is 5.74. The Morgan fingerprint density at radius 2 is 2.00 bits per heavy atom. The van der Waals surface area contributed by atoms with E-state index >= 15 is 0 Å². The van der Waals surface area contributed by atoms with Crippen LogP contribution in [-0.4, -0.2) is 12.2 Å². The van der Waals surface area contributed by atoms with Gasteiger partial charge >= 0.3 is 0 Å². The third kappa shape index (κ3) is 3.63. The zero-order valence-corrected chi connectivity index (χ0v) is 13.5. The van der Waals surface area contributed by atoms with Crippen LogP contribution in [0.5, 0.6) is 0 Å². The maximum atomic E-state index is 11.9. The van der Waals surface area contributed by atoms with E-state index in [2.05, 4.69) is 12.2 Å². The number of amides is 1. The van der Waals surface area contributed by atoms with Crippen molar-refractivity contribution < 1.29 is 9.21 Å². The molecule has 1 heterocycles. The van der Waals surface area contributed by atoms with Gasteiger partial charge in [0.05, 0.1) is 0 Å². The fourth-order valence-electron chi connectivity index (χ4n) is 2.39. The number of benzene rings is 1. The fourth-order valence-corrected chi connectivity index (χ4v) is 2.80. The van der Waals surface area contributed by atoms with Gasteiger partial charge in [-0.3, -0.25) is 4.79 Å². The van der Waals surface area contributed by atoms with Crippen LogP contribution in [0.3, 0.4) is 0 Å². The number of hydrogen-bond acceptors (Lipinski definition) is 3. The van der Waals surface area contributed by atoms with Crippen molar-refractivity contribution in [1.82, 2.24) is 0 Å². The highest BCUT2D eigenvalue weighted by molar-refractivity contribution is 7.98. The van der Waals surface area contributed by atoms with Crippen LogP contribution in [-0.2, 0) is 4.79 Å². The number of nitrogens with one attached hydrogen (secondary N) is 1. The van der Waals surface area contributed by atoms with Crippen molar-refractivity contribution in [2.75, 3.05) is 11.6 Å². The standard InChI is InChI=1S/C18H19NO2S/c1-12-11-16(12)17-9-5-14(21-17)6-10-18(20)19-13-3-7-15(22-2)8-4-13/h3-10,12,16H,11H2,1-2H3,(H,19,20)/b10-6+. The minimum Gasteiger partial charge on any atom is -0.461 e. The van der Waals surface area contributed by atoms with Crippen molar-refractivity contribution in [3.05, 3.63) is 54.0 Å². The average Bonchev–Trinajstić information content (AvgIpc) is 3.08. The van der Waals surface area contributed by atoms with Crippen LogP contribution in [0.1, 0.15) is 30.8 Å².